The van der Waals surface area contributed by atoms with E-state index in [1.165, 1.54) is 18.9 Å². The normalized spacial score (nSPS) is 10.8. The molecule has 0 saturated heterocycles. The standard InChI is InChI=1S/C26H34O5/c1-4-6-8-9-19-30-24-16-10-21(20-25(24)28-3)11-17-26(27)31-23-14-12-22(13-15-23)29-18-7-5-2/h10-17,20H,4-9,18-19H2,1-3H3. The van der Waals surface area contributed by atoms with E-state index in [1.807, 2.05) is 18.2 Å². The van der Waals surface area contributed by atoms with Gasteiger partial charge in [-0.2, -0.15) is 0 Å². The lowest BCUT2D eigenvalue weighted by Gasteiger charge is -2.11. The fourth-order valence-electron chi connectivity index (χ4n) is 2.87. The van der Waals surface area contributed by atoms with Crippen LogP contribution in [0.1, 0.15) is 57.9 Å². The maximum Gasteiger partial charge on any atom is 0.336 e. The third-order valence-corrected chi connectivity index (χ3v) is 4.66. The molecule has 0 N–H and O–H groups in total. The minimum Gasteiger partial charge on any atom is -0.494 e. The van der Waals surface area contributed by atoms with Crippen LogP contribution in [0.4, 0.5) is 0 Å². The summed E-state index contributed by atoms with van der Waals surface area (Å²) in [5, 5.41) is 0. The van der Waals surface area contributed by atoms with Crippen LogP contribution in [0.25, 0.3) is 6.08 Å². The van der Waals surface area contributed by atoms with Gasteiger partial charge in [0, 0.05) is 6.08 Å². The maximum absolute atomic E-state index is 12.1. The highest BCUT2D eigenvalue weighted by Crippen LogP contribution is 2.29. The van der Waals surface area contributed by atoms with Gasteiger partial charge in [0.25, 0.3) is 0 Å². The molecule has 2 rings (SSSR count). The maximum atomic E-state index is 12.1. The van der Waals surface area contributed by atoms with Gasteiger partial charge in [-0.15, -0.1) is 0 Å². The highest BCUT2D eigenvalue weighted by atomic mass is 16.5. The Morgan fingerprint density at radius 2 is 1.52 bits per heavy atom. The second-order valence-corrected chi connectivity index (χ2v) is 7.25. The molecule has 5 nitrogen and oxygen atoms in total. The first kappa shape index (κ1) is 24.3. The van der Waals surface area contributed by atoms with Crippen LogP contribution in [0.15, 0.2) is 48.5 Å². The summed E-state index contributed by atoms with van der Waals surface area (Å²) in [6.45, 7) is 5.66. The Kier molecular flexibility index (Phi) is 11.1. The van der Waals surface area contributed by atoms with Crippen LogP contribution >= 0.6 is 0 Å². The summed E-state index contributed by atoms with van der Waals surface area (Å²) in [4.78, 5) is 12.1. The van der Waals surface area contributed by atoms with Crippen molar-refractivity contribution >= 4 is 12.0 Å². The van der Waals surface area contributed by atoms with E-state index < -0.39 is 5.97 Å². The van der Waals surface area contributed by atoms with Gasteiger partial charge in [0.15, 0.2) is 11.5 Å². The molecule has 0 bridgehead atoms. The molecule has 2 aromatic carbocycles. The second kappa shape index (κ2) is 14.1. The molecule has 0 aromatic heterocycles. The summed E-state index contributed by atoms with van der Waals surface area (Å²) in [7, 11) is 1.61. The predicted molar refractivity (Wildman–Crippen MR) is 124 cm³/mol. The van der Waals surface area contributed by atoms with E-state index in [2.05, 4.69) is 13.8 Å². The zero-order valence-corrected chi connectivity index (χ0v) is 18.9. The molecule has 168 valence electrons. The Morgan fingerprint density at radius 3 is 2.23 bits per heavy atom. The van der Waals surface area contributed by atoms with Crippen molar-refractivity contribution in [2.45, 2.75) is 52.4 Å². The number of ether oxygens (including phenoxy) is 4. The van der Waals surface area contributed by atoms with Gasteiger partial charge in [0.05, 0.1) is 20.3 Å². The Hall–Kier alpha value is -2.95. The largest absolute Gasteiger partial charge is 0.494 e. The van der Waals surface area contributed by atoms with Gasteiger partial charge in [-0.05, 0) is 60.9 Å². The average Bonchev–Trinajstić information content (AvgIpc) is 2.79. The first-order valence-electron chi connectivity index (χ1n) is 11.1. The molecule has 2 aromatic rings. The second-order valence-electron chi connectivity index (χ2n) is 7.25. The lowest BCUT2D eigenvalue weighted by atomic mass is 10.2. The Morgan fingerprint density at radius 1 is 0.806 bits per heavy atom. The van der Waals surface area contributed by atoms with Gasteiger partial charge in [0.1, 0.15) is 11.5 Å². The van der Waals surface area contributed by atoms with E-state index >= 15 is 0 Å². The number of methoxy groups -OCH3 is 1. The summed E-state index contributed by atoms with van der Waals surface area (Å²) < 4.78 is 22.2. The van der Waals surface area contributed by atoms with Crippen molar-refractivity contribution in [3.05, 3.63) is 54.1 Å². The van der Waals surface area contributed by atoms with Crippen molar-refractivity contribution in [2.75, 3.05) is 20.3 Å². The van der Waals surface area contributed by atoms with Crippen molar-refractivity contribution in [2.24, 2.45) is 0 Å². The number of carbonyl (C=O) groups is 1. The lowest BCUT2D eigenvalue weighted by Crippen LogP contribution is -2.04. The zero-order valence-electron chi connectivity index (χ0n) is 18.9. The quantitative estimate of drug-likeness (QED) is 0.150. The minimum atomic E-state index is -0.449. The molecule has 0 spiro atoms. The molecule has 0 radical (unpaired) electrons. The molecule has 5 heteroatoms. The Labute approximate surface area is 186 Å². The molecule has 0 aliphatic heterocycles. The highest BCUT2D eigenvalue weighted by molar-refractivity contribution is 5.88. The van der Waals surface area contributed by atoms with E-state index in [0.29, 0.717) is 30.5 Å². The summed E-state index contributed by atoms with van der Waals surface area (Å²) in [6, 6.07) is 12.6. The first-order valence-corrected chi connectivity index (χ1v) is 11.1. The molecule has 0 fully saturated rings. The minimum absolute atomic E-state index is 0.449. The number of rotatable bonds is 14. The van der Waals surface area contributed by atoms with Crippen molar-refractivity contribution in [3.63, 3.8) is 0 Å². The fraction of sp³-hybridized carbons (Fsp3) is 0.423. The van der Waals surface area contributed by atoms with Gasteiger partial charge in [0.2, 0.25) is 0 Å². The zero-order chi connectivity index (χ0) is 22.3. The molecular weight excluding hydrogens is 392 g/mol. The number of benzene rings is 2. The van der Waals surface area contributed by atoms with E-state index in [-0.39, 0.29) is 0 Å². The number of carbonyl (C=O) groups excluding carboxylic acids is 1. The van der Waals surface area contributed by atoms with Crippen LogP contribution in [0, 0.1) is 0 Å². The topological polar surface area (TPSA) is 54.0 Å². The average molecular weight is 427 g/mol. The number of esters is 1. The van der Waals surface area contributed by atoms with Gasteiger partial charge >= 0.3 is 5.97 Å². The van der Waals surface area contributed by atoms with Crippen LogP contribution in [-0.4, -0.2) is 26.3 Å². The molecule has 31 heavy (non-hydrogen) atoms. The van der Waals surface area contributed by atoms with Crippen LogP contribution in [0.3, 0.4) is 0 Å². The molecule has 0 unspecified atom stereocenters. The third kappa shape index (κ3) is 9.16. The molecule has 0 aliphatic carbocycles. The third-order valence-electron chi connectivity index (χ3n) is 4.66. The SMILES string of the molecule is CCCCCCOc1ccc(C=CC(=O)Oc2ccc(OCCCC)cc2)cc1OC. The molecule has 0 aliphatic rings. The molecular formula is C26H34O5. The summed E-state index contributed by atoms with van der Waals surface area (Å²) in [5.41, 5.74) is 0.826. The number of hydrogen-bond donors (Lipinski definition) is 0. The van der Waals surface area contributed by atoms with Gasteiger partial charge in [-0.3, -0.25) is 0 Å². The Balaban J connectivity index is 1.86. The lowest BCUT2D eigenvalue weighted by molar-refractivity contribution is -0.128. The Bertz CT molecular complexity index is 811. The van der Waals surface area contributed by atoms with Crippen molar-refractivity contribution in [3.8, 4) is 23.0 Å². The summed E-state index contributed by atoms with van der Waals surface area (Å²) in [5.74, 6) is 2.14. The van der Waals surface area contributed by atoms with Crippen molar-refractivity contribution in [1.29, 1.82) is 0 Å². The first-order chi connectivity index (χ1) is 15.2. The van der Waals surface area contributed by atoms with Gasteiger partial charge in [-0.25, -0.2) is 4.79 Å². The highest BCUT2D eigenvalue weighted by Gasteiger charge is 2.06. The van der Waals surface area contributed by atoms with E-state index in [9.17, 15) is 4.79 Å². The predicted octanol–water partition coefficient (Wildman–Crippen LogP) is 6.45. The fourth-order valence-corrected chi connectivity index (χ4v) is 2.87. The summed E-state index contributed by atoms with van der Waals surface area (Å²) >= 11 is 0. The van der Waals surface area contributed by atoms with Crippen molar-refractivity contribution in [1.82, 2.24) is 0 Å². The molecule has 0 atom stereocenters. The van der Waals surface area contributed by atoms with Crippen LogP contribution < -0.4 is 18.9 Å². The molecule has 0 saturated carbocycles. The van der Waals surface area contributed by atoms with E-state index in [4.69, 9.17) is 18.9 Å². The van der Waals surface area contributed by atoms with Crippen molar-refractivity contribution < 1.29 is 23.7 Å². The van der Waals surface area contributed by atoms with Crippen LogP contribution in [-0.2, 0) is 4.79 Å². The number of unbranched alkanes of at least 4 members (excludes halogenated alkanes) is 4. The number of hydrogen-bond acceptors (Lipinski definition) is 5. The summed E-state index contributed by atoms with van der Waals surface area (Å²) in [6.07, 6.45) is 9.79. The molecule has 0 heterocycles. The van der Waals surface area contributed by atoms with E-state index in [0.717, 1.165) is 37.0 Å². The van der Waals surface area contributed by atoms with Crippen LogP contribution in [0.5, 0.6) is 23.0 Å². The molecule has 0 amide bonds. The van der Waals surface area contributed by atoms with E-state index in [1.54, 1.807) is 37.5 Å². The van der Waals surface area contributed by atoms with Crippen LogP contribution in [0.2, 0.25) is 0 Å². The monoisotopic (exact) mass is 426 g/mol. The van der Waals surface area contributed by atoms with Gasteiger partial charge < -0.3 is 18.9 Å². The van der Waals surface area contributed by atoms with Gasteiger partial charge in [-0.1, -0.05) is 45.6 Å². The smallest absolute Gasteiger partial charge is 0.336 e.